The Bertz CT molecular complexity index is 731. The van der Waals surface area contributed by atoms with E-state index in [4.69, 9.17) is 5.73 Å². The molecule has 1 saturated heterocycles. The van der Waals surface area contributed by atoms with Gasteiger partial charge in [0.2, 0.25) is 0 Å². The molecular weight excluding hydrogens is 288 g/mol. The number of aromatic nitrogens is 2. The Morgan fingerprint density at radius 3 is 2.70 bits per heavy atom. The second-order valence-corrected chi connectivity index (χ2v) is 6.84. The van der Waals surface area contributed by atoms with Gasteiger partial charge in [-0.15, -0.1) is 0 Å². The molecule has 0 bridgehead atoms. The quantitative estimate of drug-likeness (QED) is 0.941. The highest BCUT2D eigenvalue weighted by Crippen LogP contribution is 2.34. The van der Waals surface area contributed by atoms with Crippen LogP contribution in [0.4, 0.5) is 0 Å². The highest BCUT2D eigenvalue weighted by Gasteiger charge is 2.29. The molecule has 1 fully saturated rings. The third-order valence-corrected chi connectivity index (χ3v) is 4.86. The van der Waals surface area contributed by atoms with E-state index in [0.717, 1.165) is 25.2 Å². The summed E-state index contributed by atoms with van der Waals surface area (Å²) in [5, 5.41) is 0. The minimum absolute atomic E-state index is 0.0109. The number of rotatable bonds is 4. The minimum Gasteiger partial charge on any atom is -0.330 e. The lowest BCUT2D eigenvalue weighted by atomic mass is 9.99. The second kappa shape index (κ2) is 6.34. The van der Waals surface area contributed by atoms with Gasteiger partial charge in [0.25, 0.3) is 0 Å². The van der Waals surface area contributed by atoms with Crippen LogP contribution >= 0.6 is 0 Å². The Hall–Kier alpha value is -1.85. The average molecular weight is 314 g/mol. The zero-order valence-electron chi connectivity index (χ0n) is 14.1. The van der Waals surface area contributed by atoms with Crippen molar-refractivity contribution in [3.05, 3.63) is 52.7 Å². The molecule has 1 aromatic carbocycles. The lowest BCUT2D eigenvalue weighted by Gasteiger charge is -2.20. The standard InChI is InChI=1S/C18H26N4O/c1-13(2)21-7-8-22(18(21)23)16-6-4-5-15(10-16)17-9-14(11-19)12-20(17)3/h4-8,10,13-14,17H,9,11-12,19H2,1-3H3. The van der Waals surface area contributed by atoms with E-state index in [1.165, 1.54) is 5.56 Å². The fourth-order valence-electron chi connectivity index (χ4n) is 3.53. The van der Waals surface area contributed by atoms with Crippen LogP contribution in [0, 0.1) is 5.92 Å². The number of nitrogens with two attached hydrogens (primary N) is 1. The van der Waals surface area contributed by atoms with Crippen molar-refractivity contribution in [3.63, 3.8) is 0 Å². The SMILES string of the molecule is CC(C)n1ccn(-c2cccc(C3CC(CN)CN3C)c2)c1=O. The summed E-state index contributed by atoms with van der Waals surface area (Å²) < 4.78 is 3.47. The van der Waals surface area contributed by atoms with E-state index >= 15 is 0 Å². The number of imidazole rings is 1. The normalized spacial score (nSPS) is 22.1. The van der Waals surface area contributed by atoms with E-state index in [1.807, 2.05) is 38.4 Å². The lowest BCUT2D eigenvalue weighted by molar-refractivity contribution is 0.313. The van der Waals surface area contributed by atoms with Crippen molar-refractivity contribution in [2.24, 2.45) is 11.7 Å². The largest absolute Gasteiger partial charge is 0.332 e. The van der Waals surface area contributed by atoms with Crippen LogP contribution in [0.5, 0.6) is 0 Å². The van der Waals surface area contributed by atoms with Crippen LogP contribution < -0.4 is 11.4 Å². The topological polar surface area (TPSA) is 56.2 Å². The first-order chi connectivity index (χ1) is 11.0. The van der Waals surface area contributed by atoms with Crippen LogP contribution in [0.25, 0.3) is 5.69 Å². The molecular formula is C18H26N4O. The summed E-state index contributed by atoms with van der Waals surface area (Å²) in [6, 6.07) is 8.85. The monoisotopic (exact) mass is 314 g/mol. The highest BCUT2D eigenvalue weighted by molar-refractivity contribution is 5.37. The molecule has 124 valence electrons. The van der Waals surface area contributed by atoms with Crippen molar-refractivity contribution in [1.82, 2.24) is 14.0 Å². The van der Waals surface area contributed by atoms with E-state index < -0.39 is 0 Å². The van der Waals surface area contributed by atoms with E-state index in [1.54, 1.807) is 9.13 Å². The maximum Gasteiger partial charge on any atom is 0.332 e. The molecule has 0 amide bonds. The van der Waals surface area contributed by atoms with Crippen LogP contribution in [0.15, 0.2) is 41.5 Å². The van der Waals surface area contributed by atoms with Crippen molar-refractivity contribution < 1.29 is 0 Å². The fraction of sp³-hybridized carbons (Fsp3) is 0.500. The zero-order chi connectivity index (χ0) is 16.6. The van der Waals surface area contributed by atoms with Gasteiger partial charge in [0.05, 0.1) is 5.69 Å². The fourth-order valence-corrected chi connectivity index (χ4v) is 3.53. The molecule has 1 aromatic heterocycles. The van der Waals surface area contributed by atoms with Gasteiger partial charge in [0.15, 0.2) is 0 Å². The number of hydrogen-bond donors (Lipinski definition) is 1. The maximum absolute atomic E-state index is 12.5. The van der Waals surface area contributed by atoms with Crippen molar-refractivity contribution in [2.45, 2.75) is 32.4 Å². The van der Waals surface area contributed by atoms with Gasteiger partial charge in [-0.25, -0.2) is 4.79 Å². The molecule has 0 radical (unpaired) electrons. The Morgan fingerprint density at radius 1 is 1.30 bits per heavy atom. The van der Waals surface area contributed by atoms with E-state index in [2.05, 4.69) is 24.1 Å². The molecule has 23 heavy (non-hydrogen) atoms. The molecule has 2 atom stereocenters. The molecule has 3 rings (SSSR count). The number of hydrogen-bond acceptors (Lipinski definition) is 3. The van der Waals surface area contributed by atoms with Gasteiger partial charge >= 0.3 is 5.69 Å². The van der Waals surface area contributed by atoms with Gasteiger partial charge in [0, 0.05) is 31.0 Å². The van der Waals surface area contributed by atoms with Crippen LogP contribution in [0.1, 0.15) is 37.9 Å². The van der Waals surface area contributed by atoms with Crippen LogP contribution in [-0.2, 0) is 0 Å². The van der Waals surface area contributed by atoms with Crippen molar-refractivity contribution in [2.75, 3.05) is 20.1 Å². The summed E-state index contributed by atoms with van der Waals surface area (Å²) in [5.41, 5.74) is 8.03. The number of nitrogens with zero attached hydrogens (tertiary/aromatic N) is 3. The molecule has 2 heterocycles. The molecule has 0 aliphatic carbocycles. The zero-order valence-corrected chi connectivity index (χ0v) is 14.1. The molecule has 5 nitrogen and oxygen atoms in total. The Labute approximate surface area is 137 Å². The van der Waals surface area contributed by atoms with E-state index in [-0.39, 0.29) is 11.7 Å². The Kier molecular flexibility index (Phi) is 4.41. The van der Waals surface area contributed by atoms with Gasteiger partial charge < -0.3 is 5.73 Å². The summed E-state index contributed by atoms with van der Waals surface area (Å²) in [4.78, 5) is 14.9. The predicted octanol–water partition coefficient (Wildman–Crippen LogP) is 2.17. The third-order valence-electron chi connectivity index (χ3n) is 4.86. The number of likely N-dealkylation sites (tertiary alicyclic amines) is 1. The Morgan fingerprint density at radius 2 is 2.09 bits per heavy atom. The Balaban J connectivity index is 1.93. The van der Waals surface area contributed by atoms with Crippen molar-refractivity contribution in [1.29, 1.82) is 0 Å². The molecule has 1 aliphatic rings. The molecule has 2 aromatic rings. The smallest absolute Gasteiger partial charge is 0.330 e. The van der Waals surface area contributed by atoms with Crippen molar-refractivity contribution >= 4 is 0 Å². The molecule has 2 N–H and O–H groups in total. The molecule has 5 heteroatoms. The molecule has 0 saturated carbocycles. The first-order valence-corrected chi connectivity index (χ1v) is 8.31. The number of benzene rings is 1. The first kappa shape index (κ1) is 16.0. The highest BCUT2D eigenvalue weighted by atomic mass is 16.1. The summed E-state index contributed by atoms with van der Waals surface area (Å²) >= 11 is 0. The minimum atomic E-state index is 0.0109. The van der Waals surface area contributed by atoms with Gasteiger partial charge in [-0.1, -0.05) is 12.1 Å². The molecule has 0 spiro atoms. The van der Waals surface area contributed by atoms with Crippen molar-refractivity contribution in [3.8, 4) is 5.69 Å². The molecule has 1 aliphatic heterocycles. The van der Waals surface area contributed by atoms with Gasteiger partial charge in [-0.3, -0.25) is 14.0 Å². The predicted molar refractivity (Wildman–Crippen MR) is 92.9 cm³/mol. The second-order valence-electron chi connectivity index (χ2n) is 6.84. The molecule has 2 unspecified atom stereocenters. The third kappa shape index (κ3) is 2.99. The summed E-state index contributed by atoms with van der Waals surface area (Å²) in [7, 11) is 2.15. The van der Waals surface area contributed by atoms with Crippen LogP contribution in [0.3, 0.4) is 0 Å². The van der Waals surface area contributed by atoms with E-state index in [0.29, 0.717) is 12.0 Å². The van der Waals surface area contributed by atoms with Crippen LogP contribution in [-0.4, -0.2) is 34.2 Å². The summed E-state index contributed by atoms with van der Waals surface area (Å²) in [6.07, 6.45) is 4.78. The lowest BCUT2D eigenvalue weighted by Crippen LogP contribution is -2.24. The van der Waals surface area contributed by atoms with Gasteiger partial charge in [-0.2, -0.15) is 0 Å². The maximum atomic E-state index is 12.5. The average Bonchev–Trinajstić information content (AvgIpc) is 3.10. The summed E-state index contributed by atoms with van der Waals surface area (Å²) in [5.74, 6) is 0.554. The first-order valence-electron chi connectivity index (χ1n) is 8.31. The van der Waals surface area contributed by atoms with E-state index in [9.17, 15) is 4.79 Å². The van der Waals surface area contributed by atoms with Gasteiger partial charge in [-0.05, 0) is 57.5 Å². The van der Waals surface area contributed by atoms with Gasteiger partial charge in [0.1, 0.15) is 0 Å². The van der Waals surface area contributed by atoms with Crippen LogP contribution in [0.2, 0.25) is 0 Å². The summed E-state index contributed by atoms with van der Waals surface area (Å²) in [6.45, 7) is 5.80.